The van der Waals surface area contributed by atoms with E-state index in [-0.39, 0.29) is 36.6 Å². The molecule has 8 nitrogen and oxygen atoms in total. The Balaban J connectivity index is 2.43. The van der Waals surface area contributed by atoms with Crippen LogP contribution in [0.3, 0.4) is 0 Å². The summed E-state index contributed by atoms with van der Waals surface area (Å²) in [6.45, 7) is 0.0656. The van der Waals surface area contributed by atoms with Crippen molar-refractivity contribution < 1.29 is 32.7 Å². The van der Waals surface area contributed by atoms with Crippen LogP contribution in [0.1, 0.15) is 15.9 Å². The van der Waals surface area contributed by atoms with Crippen LogP contribution >= 0.6 is 22.6 Å². The average molecular weight is 552 g/mol. The molecule has 0 fully saturated rings. The molecule has 0 saturated heterocycles. The first-order valence-electron chi connectivity index (χ1n) is 8.96. The van der Waals surface area contributed by atoms with E-state index in [1.54, 1.807) is 13.1 Å². The van der Waals surface area contributed by atoms with Crippen LogP contribution in [0.25, 0.3) is 0 Å². The standard InChI is InChI=1S/C19H20F3IN4O4/c1-24-4-6-30-25-10-11-8-13(19(29)27-31-7-5-28)18(17(22)16(11)21)26-15-3-2-12(23)9-14(15)20/h2-3,8-10,24,26,28H,4-7H2,1H3,(H,27,29)/b25-10+. The Labute approximate surface area is 189 Å². The fourth-order valence-electron chi connectivity index (χ4n) is 2.28. The quantitative estimate of drug-likeness (QED) is 0.148. The summed E-state index contributed by atoms with van der Waals surface area (Å²) in [5.74, 6) is -4.42. The first-order valence-corrected chi connectivity index (χ1v) is 10.0. The lowest BCUT2D eigenvalue weighted by Crippen LogP contribution is -2.26. The summed E-state index contributed by atoms with van der Waals surface area (Å²) < 4.78 is 44.3. The Morgan fingerprint density at radius 3 is 2.68 bits per heavy atom. The number of hydroxylamine groups is 1. The third-order valence-corrected chi connectivity index (χ3v) is 4.41. The van der Waals surface area contributed by atoms with Crippen LogP contribution in [-0.2, 0) is 9.68 Å². The highest BCUT2D eigenvalue weighted by Crippen LogP contribution is 2.30. The number of hydrogen-bond acceptors (Lipinski definition) is 7. The van der Waals surface area contributed by atoms with Crippen molar-refractivity contribution in [2.45, 2.75) is 0 Å². The van der Waals surface area contributed by atoms with E-state index in [1.165, 1.54) is 12.1 Å². The van der Waals surface area contributed by atoms with Crippen molar-refractivity contribution in [3.05, 3.63) is 56.4 Å². The van der Waals surface area contributed by atoms with Crippen LogP contribution < -0.4 is 16.1 Å². The van der Waals surface area contributed by atoms with Gasteiger partial charge in [0.1, 0.15) is 12.4 Å². The number of likely N-dealkylation sites (N-methyl/N-ethyl adjacent to an activating group) is 1. The fraction of sp³-hybridized carbons (Fsp3) is 0.263. The van der Waals surface area contributed by atoms with Crippen molar-refractivity contribution in [1.82, 2.24) is 10.8 Å². The van der Waals surface area contributed by atoms with Crippen molar-refractivity contribution in [1.29, 1.82) is 0 Å². The van der Waals surface area contributed by atoms with Gasteiger partial charge >= 0.3 is 0 Å². The number of anilines is 2. The summed E-state index contributed by atoms with van der Waals surface area (Å²) in [6, 6.07) is 5.07. The van der Waals surface area contributed by atoms with Gasteiger partial charge in [-0.25, -0.2) is 18.7 Å². The van der Waals surface area contributed by atoms with Gasteiger partial charge in [0.25, 0.3) is 5.91 Å². The van der Waals surface area contributed by atoms with Crippen LogP contribution in [0.2, 0.25) is 0 Å². The van der Waals surface area contributed by atoms with Crippen LogP contribution in [-0.4, -0.2) is 50.6 Å². The smallest absolute Gasteiger partial charge is 0.277 e. The second-order valence-electron chi connectivity index (χ2n) is 5.94. The highest BCUT2D eigenvalue weighted by Gasteiger charge is 2.23. The number of carbonyl (C=O) groups is 1. The Bertz CT molecular complexity index is 947. The minimum atomic E-state index is -1.43. The summed E-state index contributed by atoms with van der Waals surface area (Å²) >= 11 is 1.89. The normalized spacial score (nSPS) is 11.0. The third-order valence-electron chi connectivity index (χ3n) is 3.74. The fourth-order valence-corrected chi connectivity index (χ4v) is 2.73. The third kappa shape index (κ3) is 7.05. The summed E-state index contributed by atoms with van der Waals surface area (Å²) in [6.07, 6.45) is 0.911. The molecule has 0 saturated carbocycles. The van der Waals surface area contributed by atoms with Crippen molar-refractivity contribution in [3.8, 4) is 0 Å². The van der Waals surface area contributed by atoms with Gasteiger partial charge < -0.3 is 20.6 Å². The number of carbonyl (C=O) groups excluding carboxylic acids is 1. The maximum atomic E-state index is 14.9. The number of benzene rings is 2. The first kappa shape index (κ1) is 24.8. The van der Waals surface area contributed by atoms with Crippen molar-refractivity contribution >= 4 is 46.1 Å². The van der Waals surface area contributed by atoms with Crippen molar-refractivity contribution in [2.24, 2.45) is 5.16 Å². The number of amides is 1. The number of aliphatic hydroxyl groups is 1. The van der Waals surface area contributed by atoms with Gasteiger partial charge in [-0.3, -0.25) is 9.63 Å². The molecule has 2 aromatic carbocycles. The maximum absolute atomic E-state index is 14.9. The molecule has 0 aromatic heterocycles. The molecule has 0 aliphatic heterocycles. The molecule has 168 valence electrons. The van der Waals surface area contributed by atoms with E-state index in [1.807, 2.05) is 28.1 Å². The number of hydrogen-bond donors (Lipinski definition) is 4. The molecule has 0 unspecified atom stereocenters. The molecule has 12 heteroatoms. The summed E-state index contributed by atoms with van der Waals surface area (Å²) in [7, 11) is 1.70. The Morgan fingerprint density at radius 2 is 2.00 bits per heavy atom. The van der Waals surface area contributed by atoms with Gasteiger partial charge in [-0.05, 0) is 53.9 Å². The molecule has 0 atom stereocenters. The summed E-state index contributed by atoms with van der Waals surface area (Å²) in [4.78, 5) is 22.1. The lowest BCUT2D eigenvalue weighted by molar-refractivity contribution is 0.0168. The Hall–Kier alpha value is -2.42. The lowest BCUT2D eigenvalue weighted by Gasteiger charge is -2.15. The molecule has 0 heterocycles. The average Bonchev–Trinajstić information content (AvgIpc) is 2.74. The molecule has 0 aliphatic rings. The van der Waals surface area contributed by atoms with Crippen molar-refractivity contribution in [2.75, 3.05) is 38.7 Å². The summed E-state index contributed by atoms with van der Waals surface area (Å²) in [5, 5.41) is 17.5. The van der Waals surface area contributed by atoms with E-state index < -0.39 is 29.0 Å². The van der Waals surface area contributed by atoms with E-state index in [0.717, 1.165) is 12.3 Å². The summed E-state index contributed by atoms with van der Waals surface area (Å²) in [5.41, 5.74) is 0.479. The predicted octanol–water partition coefficient (Wildman–Crippen LogP) is 2.68. The molecule has 0 radical (unpaired) electrons. The highest BCUT2D eigenvalue weighted by molar-refractivity contribution is 14.1. The Kier molecular flexibility index (Phi) is 9.97. The minimum Gasteiger partial charge on any atom is -0.394 e. The van der Waals surface area contributed by atoms with E-state index in [9.17, 15) is 18.0 Å². The van der Waals surface area contributed by atoms with Crippen LogP contribution in [0, 0.1) is 21.0 Å². The van der Waals surface area contributed by atoms with Crippen LogP contribution in [0.4, 0.5) is 24.5 Å². The lowest BCUT2D eigenvalue weighted by atomic mass is 10.1. The molecule has 1 amide bonds. The topological polar surface area (TPSA) is 104 Å². The Morgan fingerprint density at radius 1 is 1.23 bits per heavy atom. The van der Waals surface area contributed by atoms with Gasteiger partial charge in [0, 0.05) is 15.7 Å². The van der Waals surface area contributed by atoms with Gasteiger partial charge in [-0.15, -0.1) is 0 Å². The second kappa shape index (κ2) is 12.4. The van der Waals surface area contributed by atoms with E-state index >= 15 is 0 Å². The van der Waals surface area contributed by atoms with Gasteiger partial charge in [0.15, 0.2) is 11.6 Å². The zero-order valence-electron chi connectivity index (χ0n) is 16.3. The molecular weight excluding hydrogens is 532 g/mol. The molecule has 4 N–H and O–H groups in total. The van der Waals surface area contributed by atoms with E-state index in [4.69, 9.17) is 14.8 Å². The maximum Gasteiger partial charge on any atom is 0.277 e. The number of rotatable bonds is 11. The number of aliphatic hydroxyl groups excluding tert-OH is 1. The largest absolute Gasteiger partial charge is 0.394 e. The number of halogens is 4. The van der Waals surface area contributed by atoms with Crippen LogP contribution in [0.5, 0.6) is 0 Å². The van der Waals surface area contributed by atoms with Gasteiger partial charge in [0.05, 0.1) is 36.4 Å². The zero-order valence-corrected chi connectivity index (χ0v) is 18.5. The molecule has 0 bridgehead atoms. The molecule has 2 rings (SSSR count). The second-order valence-corrected chi connectivity index (χ2v) is 7.19. The molecule has 0 spiro atoms. The number of oxime groups is 1. The van der Waals surface area contributed by atoms with Crippen molar-refractivity contribution in [3.63, 3.8) is 0 Å². The monoisotopic (exact) mass is 552 g/mol. The number of nitrogens with zero attached hydrogens (tertiary/aromatic N) is 1. The van der Waals surface area contributed by atoms with Gasteiger partial charge in [-0.2, -0.15) is 0 Å². The molecule has 0 aliphatic carbocycles. The predicted molar refractivity (Wildman–Crippen MR) is 117 cm³/mol. The zero-order chi connectivity index (χ0) is 22.8. The van der Waals surface area contributed by atoms with E-state index in [2.05, 4.69) is 15.8 Å². The van der Waals surface area contributed by atoms with Gasteiger partial charge in [-0.1, -0.05) is 5.16 Å². The SMILES string of the molecule is CNCCO/N=C/c1cc(C(=O)NOCCO)c(Nc2ccc(I)cc2F)c(F)c1F. The first-order chi connectivity index (χ1) is 14.9. The number of nitrogens with one attached hydrogen (secondary N) is 3. The van der Waals surface area contributed by atoms with Crippen LogP contribution in [0.15, 0.2) is 29.4 Å². The molecular formula is C19H20F3IN4O4. The van der Waals surface area contributed by atoms with Gasteiger partial charge in [0.2, 0.25) is 0 Å². The molecule has 31 heavy (non-hydrogen) atoms. The minimum absolute atomic E-state index is 0.166. The highest BCUT2D eigenvalue weighted by atomic mass is 127. The molecule has 2 aromatic rings. The van der Waals surface area contributed by atoms with E-state index in [0.29, 0.717) is 10.1 Å².